The number of nitrogen functional groups attached to an aromatic ring is 1. The predicted octanol–water partition coefficient (Wildman–Crippen LogP) is 1.77. The maximum absolute atomic E-state index is 11.9. The van der Waals surface area contributed by atoms with E-state index in [0.717, 1.165) is 0 Å². The standard InChI is InChI=1S/C13H18ClN3O3/c1-4-20-11(18)8-5-7(15)6-9(14)10(8)17-13(2,3)12(16)19/h5-6,17H,4,15H2,1-3H3,(H2,16,19). The molecule has 0 spiro atoms. The zero-order chi connectivity index (χ0) is 15.5. The van der Waals surface area contributed by atoms with Crippen LogP contribution in [0.3, 0.4) is 0 Å². The van der Waals surface area contributed by atoms with Crippen molar-refractivity contribution >= 4 is 34.9 Å². The second-order valence-corrected chi connectivity index (χ2v) is 5.17. The molecular formula is C13H18ClN3O3. The van der Waals surface area contributed by atoms with Gasteiger partial charge in [0.1, 0.15) is 5.54 Å². The number of rotatable bonds is 5. The van der Waals surface area contributed by atoms with Crippen LogP contribution in [-0.2, 0) is 9.53 Å². The third kappa shape index (κ3) is 3.54. The Bertz CT molecular complexity index is 544. The maximum atomic E-state index is 11.9. The Kier molecular flexibility index (Phi) is 4.83. The molecule has 110 valence electrons. The molecule has 1 aromatic rings. The highest BCUT2D eigenvalue weighted by Crippen LogP contribution is 2.32. The first kappa shape index (κ1) is 16.1. The number of hydrogen-bond acceptors (Lipinski definition) is 5. The summed E-state index contributed by atoms with van der Waals surface area (Å²) in [6.07, 6.45) is 0. The molecule has 7 heteroatoms. The van der Waals surface area contributed by atoms with Gasteiger partial charge in [-0.3, -0.25) is 4.79 Å². The highest BCUT2D eigenvalue weighted by molar-refractivity contribution is 6.34. The van der Waals surface area contributed by atoms with E-state index in [1.807, 2.05) is 0 Å². The van der Waals surface area contributed by atoms with Crippen LogP contribution in [0.4, 0.5) is 11.4 Å². The summed E-state index contributed by atoms with van der Waals surface area (Å²) in [6.45, 7) is 5.06. The number of nitrogens with two attached hydrogens (primary N) is 2. The molecule has 0 aliphatic heterocycles. The largest absolute Gasteiger partial charge is 0.462 e. The van der Waals surface area contributed by atoms with Gasteiger partial charge in [0.2, 0.25) is 5.91 Å². The van der Waals surface area contributed by atoms with Gasteiger partial charge in [0.05, 0.1) is 22.9 Å². The monoisotopic (exact) mass is 299 g/mol. The van der Waals surface area contributed by atoms with Crippen molar-refractivity contribution in [2.24, 2.45) is 5.73 Å². The Labute approximate surface area is 122 Å². The maximum Gasteiger partial charge on any atom is 0.340 e. The highest BCUT2D eigenvalue weighted by atomic mass is 35.5. The fourth-order valence-corrected chi connectivity index (χ4v) is 1.77. The number of carbonyl (C=O) groups is 2. The van der Waals surface area contributed by atoms with Crippen LogP contribution in [0.5, 0.6) is 0 Å². The van der Waals surface area contributed by atoms with Gasteiger partial charge in [-0.2, -0.15) is 0 Å². The van der Waals surface area contributed by atoms with Crippen molar-refractivity contribution in [1.29, 1.82) is 0 Å². The van der Waals surface area contributed by atoms with Gasteiger partial charge in [-0.05, 0) is 32.9 Å². The number of primary amides is 1. The van der Waals surface area contributed by atoms with Crippen molar-refractivity contribution in [2.45, 2.75) is 26.3 Å². The second kappa shape index (κ2) is 6.00. The van der Waals surface area contributed by atoms with Crippen LogP contribution >= 0.6 is 11.6 Å². The number of ether oxygens (including phenoxy) is 1. The van der Waals surface area contributed by atoms with Crippen molar-refractivity contribution in [3.63, 3.8) is 0 Å². The fourth-order valence-electron chi connectivity index (χ4n) is 1.50. The molecular weight excluding hydrogens is 282 g/mol. The van der Waals surface area contributed by atoms with Crippen LogP contribution < -0.4 is 16.8 Å². The summed E-state index contributed by atoms with van der Waals surface area (Å²) in [5.41, 5.74) is 10.6. The Hall–Kier alpha value is -1.95. The van der Waals surface area contributed by atoms with Gasteiger partial charge in [0, 0.05) is 5.69 Å². The van der Waals surface area contributed by atoms with Crippen LogP contribution in [0.15, 0.2) is 12.1 Å². The number of esters is 1. The molecule has 1 aromatic carbocycles. The number of amides is 1. The molecule has 1 rings (SSSR count). The molecule has 20 heavy (non-hydrogen) atoms. The molecule has 0 aromatic heterocycles. The molecule has 6 nitrogen and oxygen atoms in total. The smallest absolute Gasteiger partial charge is 0.340 e. The molecule has 5 N–H and O–H groups in total. The summed E-state index contributed by atoms with van der Waals surface area (Å²) in [6, 6.07) is 2.91. The number of nitrogens with one attached hydrogen (secondary N) is 1. The van der Waals surface area contributed by atoms with Crippen molar-refractivity contribution in [1.82, 2.24) is 0 Å². The lowest BCUT2D eigenvalue weighted by Crippen LogP contribution is -2.45. The average molecular weight is 300 g/mol. The minimum Gasteiger partial charge on any atom is -0.462 e. The molecule has 0 saturated heterocycles. The Morgan fingerprint density at radius 3 is 2.50 bits per heavy atom. The number of benzene rings is 1. The van der Waals surface area contributed by atoms with E-state index >= 15 is 0 Å². The molecule has 0 bridgehead atoms. The fraction of sp³-hybridized carbons (Fsp3) is 0.385. The first-order valence-corrected chi connectivity index (χ1v) is 6.41. The van der Waals surface area contributed by atoms with Gasteiger partial charge in [-0.25, -0.2) is 4.79 Å². The molecule has 0 atom stereocenters. The van der Waals surface area contributed by atoms with E-state index < -0.39 is 17.4 Å². The summed E-state index contributed by atoms with van der Waals surface area (Å²) in [5.74, 6) is -1.16. The van der Waals surface area contributed by atoms with E-state index in [1.54, 1.807) is 20.8 Å². The number of anilines is 2. The zero-order valence-electron chi connectivity index (χ0n) is 11.6. The lowest BCUT2D eigenvalue weighted by atomic mass is 10.0. The van der Waals surface area contributed by atoms with E-state index in [1.165, 1.54) is 12.1 Å². The van der Waals surface area contributed by atoms with E-state index in [9.17, 15) is 9.59 Å². The summed E-state index contributed by atoms with van der Waals surface area (Å²) in [5, 5.41) is 3.07. The van der Waals surface area contributed by atoms with Gasteiger partial charge in [0.25, 0.3) is 0 Å². The third-order valence-corrected chi connectivity index (χ3v) is 2.96. The van der Waals surface area contributed by atoms with Gasteiger partial charge >= 0.3 is 5.97 Å². The minimum atomic E-state index is -1.08. The van der Waals surface area contributed by atoms with E-state index in [0.29, 0.717) is 5.69 Å². The van der Waals surface area contributed by atoms with Crippen molar-refractivity contribution in [2.75, 3.05) is 17.7 Å². The summed E-state index contributed by atoms with van der Waals surface area (Å²) in [4.78, 5) is 23.3. The molecule has 0 unspecified atom stereocenters. The lowest BCUT2D eigenvalue weighted by Gasteiger charge is -2.26. The first-order valence-electron chi connectivity index (χ1n) is 6.03. The normalized spacial score (nSPS) is 11.0. The van der Waals surface area contributed by atoms with Crippen molar-refractivity contribution in [3.05, 3.63) is 22.7 Å². The number of hydrogen-bond donors (Lipinski definition) is 3. The SMILES string of the molecule is CCOC(=O)c1cc(N)cc(Cl)c1NC(C)(C)C(N)=O. The molecule has 0 heterocycles. The van der Waals surface area contributed by atoms with E-state index in [-0.39, 0.29) is 22.9 Å². The molecule has 0 radical (unpaired) electrons. The van der Waals surface area contributed by atoms with Gasteiger partial charge in [0.15, 0.2) is 0 Å². The van der Waals surface area contributed by atoms with E-state index in [2.05, 4.69) is 5.32 Å². The Morgan fingerprint density at radius 1 is 1.40 bits per heavy atom. The van der Waals surface area contributed by atoms with Crippen molar-refractivity contribution < 1.29 is 14.3 Å². The topological polar surface area (TPSA) is 107 Å². The first-order chi connectivity index (χ1) is 9.19. The quantitative estimate of drug-likeness (QED) is 0.567. The van der Waals surface area contributed by atoms with Gasteiger partial charge in [-0.15, -0.1) is 0 Å². The molecule has 0 aliphatic rings. The van der Waals surface area contributed by atoms with Crippen LogP contribution in [0, 0.1) is 0 Å². The zero-order valence-corrected chi connectivity index (χ0v) is 12.4. The Morgan fingerprint density at radius 2 is 2.00 bits per heavy atom. The summed E-state index contributed by atoms with van der Waals surface area (Å²) >= 11 is 6.09. The third-order valence-electron chi connectivity index (χ3n) is 2.66. The molecule has 1 amide bonds. The van der Waals surface area contributed by atoms with Crippen LogP contribution in [-0.4, -0.2) is 24.0 Å². The molecule has 0 saturated carbocycles. The van der Waals surface area contributed by atoms with Crippen molar-refractivity contribution in [3.8, 4) is 0 Å². The lowest BCUT2D eigenvalue weighted by molar-refractivity contribution is -0.121. The van der Waals surface area contributed by atoms with Gasteiger partial charge in [-0.1, -0.05) is 11.6 Å². The van der Waals surface area contributed by atoms with Gasteiger partial charge < -0.3 is 21.5 Å². The van der Waals surface area contributed by atoms with Crippen LogP contribution in [0.25, 0.3) is 0 Å². The van der Waals surface area contributed by atoms with E-state index in [4.69, 9.17) is 27.8 Å². The van der Waals surface area contributed by atoms with Crippen LogP contribution in [0.2, 0.25) is 5.02 Å². The Balaban J connectivity index is 3.30. The molecule has 0 aliphatic carbocycles. The summed E-state index contributed by atoms with van der Waals surface area (Å²) in [7, 11) is 0. The number of halogens is 1. The average Bonchev–Trinajstić information content (AvgIpc) is 2.32. The minimum absolute atomic E-state index is 0.158. The summed E-state index contributed by atoms with van der Waals surface area (Å²) < 4.78 is 4.94. The highest BCUT2D eigenvalue weighted by Gasteiger charge is 2.28. The number of carbonyl (C=O) groups excluding carboxylic acids is 2. The van der Waals surface area contributed by atoms with Crippen LogP contribution in [0.1, 0.15) is 31.1 Å². The predicted molar refractivity (Wildman–Crippen MR) is 78.7 cm³/mol. The second-order valence-electron chi connectivity index (χ2n) is 4.76. The molecule has 0 fully saturated rings.